The van der Waals surface area contributed by atoms with Crippen LogP contribution in [0.15, 0.2) is 21.9 Å². The zero-order valence-electron chi connectivity index (χ0n) is 27.1. The first-order valence-corrected chi connectivity index (χ1v) is 15.5. The number of rotatable bonds is 11. The molecule has 1 aliphatic rings. The van der Waals surface area contributed by atoms with Gasteiger partial charge in [-0.25, -0.2) is 4.79 Å². The Kier molecular flexibility index (Phi) is 19.9. The lowest BCUT2D eigenvalue weighted by molar-refractivity contribution is -0.0566. The van der Waals surface area contributed by atoms with Crippen LogP contribution in [0.1, 0.15) is 51.7 Å². The lowest BCUT2D eigenvalue weighted by atomic mass is 9.93. The van der Waals surface area contributed by atoms with Gasteiger partial charge in [-0.15, -0.1) is 0 Å². The third-order valence-corrected chi connectivity index (χ3v) is 6.63. The molecular formula is C39H32N4O5S. The number of thiocarbonyl (C=S) groups is 1. The highest BCUT2D eigenvalue weighted by atomic mass is 32.1. The average Bonchev–Trinajstić information content (AvgIpc) is 3.39. The summed E-state index contributed by atoms with van der Waals surface area (Å²) >= 11 is 5.21. The molecule has 0 radical (unpaired) electrons. The molecule has 1 aliphatic heterocycles. The number of methoxy groups -OCH3 is 1. The summed E-state index contributed by atoms with van der Waals surface area (Å²) in [5, 5.41) is 17.1. The molecule has 4 atom stereocenters. The van der Waals surface area contributed by atoms with Gasteiger partial charge < -0.3 is 19.9 Å². The minimum absolute atomic E-state index is 0.206. The highest BCUT2D eigenvalue weighted by Gasteiger charge is 2.44. The molecule has 244 valence electrons. The van der Waals surface area contributed by atoms with Gasteiger partial charge in [0.1, 0.15) is 12.3 Å². The maximum atomic E-state index is 12.3. The zero-order valence-corrected chi connectivity index (χ0v) is 27.9. The van der Waals surface area contributed by atoms with Crippen LogP contribution in [-0.4, -0.2) is 52.2 Å². The summed E-state index contributed by atoms with van der Waals surface area (Å²) in [6.07, 6.45) is 4.75. The molecule has 9 nitrogen and oxygen atoms in total. The average molecular weight is 669 g/mol. The Hall–Kier alpha value is -6.15. The third kappa shape index (κ3) is 16.8. The van der Waals surface area contributed by atoms with E-state index >= 15 is 0 Å². The second-order valence-corrected chi connectivity index (χ2v) is 10.2. The van der Waals surface area contributed by atoms with Gasteiger partial charge >= 0.3 is 5.69 Å². The van der Waals surface area contributed by atoms with Crippen molar-refractivity contribution in [3.05, 3.63) is 33.1 Å². The van der Waals surface area contributed by atoms with Gasteiger partial charge in [-0.05, 0) is 79.3 Å². The van der Waals surface area contributed by atoms with Crippen LogP contribution in [0.25, 0.3) is 0 Å². The van der Waals surface area contributed by atoms with Gasteiger partial charge in [-0.2, -0.15) is 0 Å². The lowest BCUT2D eigenvalue weighted by Crippen LogP contribution is -2.34. The van der Waals surface area contributed by atoms with Crippen LogP contribution in [0.3, 0.4) is 0 Å². The van der Waals surface area contributed by atoms with Crippen LogP contribution in [0, 0.1) is 124 Å². The SMILES string of the molecule is CC#CC#CC#CC#CC#CC#CC#CC#CC#CC#CNC(=S)NCCCCCCCC1[C@@H](O)[C@@H](COC)O[C@H]1n1ccc(=O)[nH]c1=O. The van der Waals surface area contributed by atoms with Crippen molar-refractivity contribution in [1.82, 2.24) is 20.2 Å². The molecule has 1 aromatic heterocycles. The topological polar surface area (TPSA) is 118 Å². The molecule has 0 aliphatic carbocycles. The second-order valence-electron chi connectivity index (χ2n) is 9.75. The molecule has 2 rings (SSSR count). The second kappa shape index (κ2) is 25.0. The summed E-state index contributed by atoms with van der Waals surface area (Å²) in [6, 6.07) is 3.91. The molecule has 1 saturated heterocycles. The van der Waals surface area contributed by atoms with E-state index in [1.807, 2.05) is 0 Å². The molecule has 0 spiro atoms. The monoisotopic (exact) mass is 668 g/mol. The minimum atomic E-state index is -0.785. The summed E-state index contributed by atoms with van der Waals surface area (Å²) in [4.78, 5) is 26.1. The molecule has 0 bridgehead atoms. The van der Waals surface area contributed by atoms with Crippen LogP contribution in [0.4, 0.5) is 0 Å². The van der Waals surface area contributed by atoms with E-state index in [9.17, 15) is 14.7 Å². The molecule has 0 saturated carbocycles. The molecular weight excluding hydrogens is 637 g/mol. The molecule has 49 heavy (non-hydrogen) atoms. The Morgan fingerprint density at radius 2 is 1.39 bits per heavy atom. The maximum absolute atomic E-state index is 12.3. The van der Waals surface area contributed by atoms with E-state index in [4.69, 9.17) is 21.7 Å². The fourth-order valence-corrected chi connectivity index (χ4v) is 4.44. The van der Waals surface area contributed by atoms with Gasteiger partial charge in [-0.1, -0.05) is 31.6 Å². The predicted octanol–water partition coefficient (Wildman–Crippen LogP) is 0.874. The van der Waals surface area contributed by atoms with Crippen molar-refractivity contribution in [3.8, 4) is 119 Å². The summed E-state index contributed by atoms with van der Waals surface area (Å²) in [7, 11) is 1.53. The number of aliphatic hydroxyl groups is 1. The number of aliphatic hydroxyl groups excluding tert-OH is 1. The van der Waals surface area contributed by atoms with Gasteiger partial charge in [0, 0.05) is 97.1 Å². The third-order valence-electron chi connectivity index (χ3n) is 6.38. The van der Waals surface area contributed by atoms with Gasteiger partial charge in [0.25, 0.3) is 5.56 Å². The first kappa shape index (κ1) is 39.0. The number of nitrogens with zero attached hydrogens (tertiary/aromatic N) is 1. The van der Waals surface area contributed by atoms with Crippen molar-refractivity contribution < 1.29 is 14.6 Å². The number of ether oxygens (including phenoxy) is 2. The Morgan fingerprint density at radius 3 is 1.94 bits per heavy atom. The zero-order chi connectivity index (χ0) is 35.4. The van der Waals surface area contributed by atoms with Crippen molar-refractivity contribution in [3.63, 3.8) is 0 Å². The van der Waals surface area contributed by atoms with E-state index in [0.717, 1.165) is 32.1 Å². The summed E-state index contributed by atoms with van der Waals surface area (Å²) in [5.41, 5.74) is -1.05. The van der Waals surface area contributed by atoms with Crippen LogP contribution in [0.2, 0.25) is 0 Å². The van der Waals surface area contributed by atoms with Crippen molar-refractivity contribution in [2.24, 2.45) is 5.92 Å². The number of aromatic amines is 1. The van der Waals surface area contributed by atoms with Crippen LogP contribution >= 0.6 is 12.2 Å². The summed E-state index contributed by atoms with van der Waals surface area (Å²) in [5.74, 6) is 48.0. The lowest BCUT2D eigenvalue weighted by Gasteiger charge is -2.21. The molecule has 1 fully saturated rings. The van der Waals surface area contributed by atoms with Gasteiger partial charge in [0.05, 0.1) is 12.7 Å². The maximum Gasteiger partial charge on any atom is 0.330 e. The van der Waals surface area contributed by atoms with Crippen LogP contribution in [-0.2, 0) is 9.47 Å². The predicted molar refractivity (Wildman–Crippen MR) is 191 cm³/mol. The van der Waals surface area contributed by atoms with Gasteiger partial charge in [-0.3, -0.25) is 19.7 Å². The Morgan fingerprint density at radius 1 is 0.857 bits per heavy atom. The van der Waals surface area contributed by atoms with Gasteiger partial charge in [0.15, 0.2) is 5.11 Å². The molecule has 1 aromatic rings. The minimum Gasteiger partial charge on any atom is -0.390 e. The van der Waals surface area contributed by atoms with Crippen molar-refractivity contribution >= 4 is 17.3 Å². The highest BCUT2D eigenvalue weighted by Crippen LogP contribution is 2.37. The van der Waals surface area contributed by atoms with E-state index in [2.05, 4.69) is 134 Å². The Bertz CT molecular complexity index is 2090. The van der Waals surface area contributed by atoms with E-state index < -0.39 is 29.7 Å². The fourth-order valence-electron chi connectivity index (χ4n) is 4.28. The van der Waals surface area contributed by atoms with E-state index in [1.165, 1.54) is 23.9 Å². The van der Waals surface area contributed by atoms with E-state index in [1.54, 1.807) is 6.92 Å². The largest absolute Gasteiger partial charge is 0.390 e. The smallest absolute Gasteiger partial charge is 0.330 e. The molecule has 4 N–H and O–H groups in total. The number of aromatic nitrogens is 2. The number of hydrogen-bond donors (Lipinski definition) is 4. The fraction of sp³-hybridized carbons (Fsp3) is 0.359. The standard InChI is InChI=1S/C39H32N4O5S/c1-3-4-5-6-7-8-9-10-11-12-13-14-15-16-17-18-19-22-25-29-40-38(49)41-30-26-23-20-21-24-27-33-36(45)34(32-47-2)48-37(33)43-31-28-35(44)42-39(43)46/h28,31,33-34,36-37,45H,20-21,23-24,26-27,30,32H2,1-2H3,(H2,40,41,49)(H,42,44,46)/t33?,34-,36-,37-/m1/s1. The Labute approximate surface area is 293 Å². The molecule has 0 amide bonds. The first-order valence-electron chi connectivity index (χ1n) is 15.1. The quantitative estimate of drug-likeness (QED) is 0.119. The number of nitrogens with one attached hydrogen (secondary N) is 3. The van der Waals surface area contributed by atoms with Crippen molar-refractivity contribution in [2.75, 3.05) is 20.3 Å². The molecule has 0 aromatic carbocycles. The summed E-state index contributed by atoms with van der Waals surface area (Å²) < 4.78 is 12.4. The number of hydrogen-bond acceptors (Lipinski definition) is 6. The van der Waals surface area contributed by atoms with Crippen molar-refractivity contribution in [2.45, 2.75) is 63.9 Å². The van der Waals surface area contributed by atoms with Crippen LogP contribution < -0.4 is 21.9 Å². The van der Waals surface area contributed by atoms with Crippen molar-refractivity contribution in [1.29, 1.82) is 0 Å². The number of H-pyrrole nitrogens is 1. The van der Waals surface area contributed by atoms with Gasteiger partial charge in [0.2, 0.25) is 0 Å². The highest BCUT2D eigenvalue weighted by molar-refractivity contribution is 7.80. The molecule has 1 unspecified atom stereocenters. The number of unbranched alkanes of at least 4 members (excludes halogenated alkanes) is 4. The first-order chi connectivity index (χ1) is 24.0. The Balaban J connectivity index is 1.61. The molecule has 10 heteroatoms. The molecule has 2 heterocycles. The van der Waals surface area contributed by atoms with E-state index in [-0.39, 0.29) is 12.5 Å². The normalized spacial score (nSPS) is 15.7. The van der Waals surface area contributed by atoms with Crippen LogP contribution in [0.5, 0.6) is 0 Å². The van der Waals surface area contributed by atoms with E-state index in [0.29, 0.717) is 18.1 Å². The summed E-state index contributed by atoms with van der Waals surface area (Å²) in [6.45, 7) is 2.59.